The van der Waals surface area contributed by atoms with Gasteiger partial charge in [0.05, 0.1) is 5.25 Å². The van der Waals surface area contributed by atoms with E-state index in [1.807, 2.05) is 0 Å². The van der Waals surface area contributed by atoms with E-state index in [1.165, 1.54) is 0 Å². The summed E-state index contributed by atoms with van der Waals surface area (Å²) in [7, 11) is -3.67. The maximum atomic E-state index is 11.5. The number of aliphatic carboxylic acids is 1. The van der Waals surface area contributed by atoms with Crippen LogP contribution in [0.15, 0.2) is 0 Å². The molecule has 1 rings (SSSR count). The Bertz CT molecular complexity index is 449. The van der Waals surface area contributed by atoms with Crippen molar-refractivity contribution in [2.75, 3.05) is 6.54 Å². The van der Waals surface area contributed by atoms with Crippen molar-refractivity contribution in [1.82, 2.24) is 5.32 Å². The monoisotopic (exact) mass is 279 g/mol. The van der Waals surface area contributed by atoms with Gasteiger partial charge in [0.15, 0.2) is 15.1 Å². The number of carbonyl (C=O) groups excluding carboxylic acids is 1. The van der Waals surface area contributed by atoms with Crippen LogP contribution in [-0.4, -0.2) is 48.2 Å². The zero-order valence-corrected chi connectivity index (χ0v) is 11.3. The summed E-state index contributed by atoms with van der Waals surface area (Å²) in [5, 5.41) is 8.76. The van der Waals surface area contributed by atoms with E-state index in [9.17, 15) is 18.0 Å². The number of carboxylic acid groups (broad SMARTS) is 1. The molecule has 18 heavy (non-hydrogen) atoms. The average molecular weight is 279 g/mol. The van der Waals surface area contributed by atoms with Crippen molar-refractivity contribution in [3.8, 4) is 0 Å². The number of amides is 1. The molecule has 2 unspecified atom stereocenters. The minimum Gasteiger partial charge on any atom is -0.480 e. The fraction of sp³-hybridized carbons (Fsp3) is 0.800. The summed E-state index contributed by atoms with van der Waals surface area (Å²) in [5.41, 5.74) is -0.661. The van der Waals surface area contributed by atoms with Crippen LogP contribution in [0.5, 0.6) is 0 Å². The molecule has 0 aromatic carbocycles. The Kier molecular flexibility index (Phi) is 3.89. The maximum Gasteiger partial charge on any atom is 0.407 e. The van der Waals surface area contributed by atoms with Gasteiger partial charge >= 0.3 is 12.1 Å². The SMILES string of the molecule is CC(C)(C)OC(=O)NCC1CC(C(=O)O)S1(=O)=O. The Morgan fingerprint density at radius 3 is 2.33 bits per heavy atom. The molecule has 0 aromatic heterocycles. The van der Waals surface area contributed by atoms with Crippen LogP contribution >= 0.6 is 0 Å². The zero-order valence-electron chi connectivity index (χ0n) is 10.5. The number of carboxylic acids is 1. The molecular formula is C10H17NO6S. The van der Waals surface area contributed by atoms with Crippen molar-refractivity contribution >= 4 is 21.9 Å². The molecule has 104 valence electrons. The highest BCUT2D eigenvalue weighted by Crippen LogP contribution is 2.29. The van der Waals surface area contributed by atoms with E-state index >= 15 is 0 Å². The van der Waals surface area contributed by atoms with E-state index < -0.39 is 38.0 Å². The van der Waals surface area contributed by atoms with Crippen molar-refractivity contribution in [3.05, 3.63) is 0 Å². The van der Waals surface area contributed by atoms with Crippen LogP contribution < -0.4 is 5.32 Å². The molecule has 0 radical (unpaired) electrons. The third-order valence-electron chi connectivity index (χ3n) is 2.49. The van der Waals surface area contributed by atoms with Gasteiger partial charge in [0, 0.05) is 6.54 Å². The third kappa shape index (κ3) is 3.34. The van der Waals surface area contributed by atoms with Gasteiger partial charge in [0.25, 0.3) is 0 Å². The number of carbonyl (C=O) groups is 2. The van der Waals surface area contributed by atoms with Gasteiger partial charge in [0.1, 0.15) is 5.60 Å². The topological polar surface area (TPSA) is 110 Å². The Labute approximate surface area is 105 Å². The summed E-state index contributed by atoms with van der Waals surface area (Å²) in [6.45, 7) is 4.94. The Morgan fingerprint density at radius 2 is 1.94 bits per heavy atom. The van der Waals surface area contributed by atoms with Gasteiger partial charge in [-0.3, -0.25) is 4.79 Å². The van der Waals surface area contributed by atoms with Crippen LogP contribution in [0.4, 0.5) is 4.79 Å². The number of alkyl carbamates (subject to hydrolysis) is 1. The molecule has 1 saturated heterocycles. The largest absolute Gasteiger partial charge is 0.480 e. The zero-order chi connectivity index (χ0) is 14.1. The summed E-state index contributed by atoms with van der Waals surface area (Å²) < 4.78 is 28.0. The number of ether oxygens (including phenoxy) is 1. The Balaban J connectivity index is 2.44. The average Bonchev–Trinajstić information content (AvgIpc) is 2.12. The van der Waals surface area contributed by atoms with Gasteiger partial charge in [-0.15, -0.1) is 0 Å². The van der Waals surface area contributed by atoms with Gasteiger partial charge < -0.3 is 15.2 Å². The predicted octanol–water partition coefficient (Wildman–Crippen LogP) is 0.151. The van der Waals surface area contributed by atoms with E-state index in [0.717, 1.165) is 0 Å². The Hall–Kier alpha value is -1.31. The Morgan fingerprint density at radius 1 is 1.39 bits per heavy atom. The fourth-order valence-electron chi connectivity index (χ4n) is 1.57. The normalized spacial score (nSPS) is 25.9. The van der Waals surface area contributed by atoms with E-state index in [2.05, 4.69) is 5.32 Å². The second kappa shape index (κ2) is 4.75. The summed E-state index contributed by atoms with van der Waals surface area (Å²) in [6.07, 6.45) is -0.690. The first-order chi connectivity index (χ1) is 8.04. The van der Waals surface area contributed by atoms with Crippen molar-refractivity contribution in [2.24, 2.45) is 0 Å². The summed E-state index contributed by atoms with van der Waals surface area (Å²) in [4.78, 5) is 21.9. The number of rotatable bonds is 3. The van der Waals surface area contributed by atoms with Crippen LogP contribution in [0.25, 0.3) is 0 Å². The van der Waals surface area contributed by atoms with Gasteiger partial charge in [-0.25, -0.2) is 13.2 Å². The number of hydrogen-bond donors (Lipinski definition) is 2. The molecule has 1 heterocycles. The van der Waals surface area contributed by atoms with Gasteiger partial charge in [0.2, 0.25) is 0 Å². The highest BCUT2D eigenvalue weighted by atomic mass is 32.2. The van der Waals surface area contributed by atoms with Crippen molar-refractivity contribution in [3.63, 3.8) is 0 Å². The lowest BCUT2D eigenvalue weighted by Crippen LogP contribution is -2.55. The van der Waals surface area contributed by atoms with E-state index in [1.54, 1.807) is 20.8 Å². The maximum absolute atomic E-state index is 11.5. The summed E-state index contributed by atoms with van der Waals surface area (Å²) >= 11 is 0. The molecule has 7 nitrogen and oxygen atoms in total. The number of nitrogens with one attached hydrogen (secondary N) is 1. The molecule has 0 bridgehead atoms. The second-order valence-corrected chi connectivity index (χ2v) is 7.57. The quantitative estimate of drug-likeness (QED) is 0.761. The smallest absolute Gasteiger partial charge is 0.407 e. The van der Waals surface area contributed by atoms with E-state index in [-0.39, 0.29) is 13.0 Å². The first-order valence-corrected chi connectivity index (χ1v) is 7.07. The van der Waals surface area contributed by atoms with Crippen LogP contribution in [0.3, 0.4) is 0 Å². The molecule has 0 saturated carbocycles. The number of sulfone groups is 1. The van der Waals surface area contributed by atoms with Gasteiger partial charge in [-0.05, 0) is 27.2 Å². The number of hydrogen-bond acceptors (Lipinski definition) is 5. The first-order valence-electron chi connectivity index (χ1n) is 5.46. The van der Waals surface area contributed by atoms with Crippen LogP contribution in [0.1, 0.15) is 27.2 Å². The van der Waals surface area contributed by atoms with Crippen LogP contribution in [0, 0.1) is 0 Å². The molecule has 1 amide bonds. The van der Waals surface area contributed by atoms with Crippen molar-refractivity contribution in [1.29, 1.82) is 0 Å². The highest BCUT2D eigenvalue weighted by molar-refractivity contribution is 7.94. The summed E-state index contributed by atoms with van der Waals surface area (Å²) in [5.74, 6) is -1.34. The molecule has 0 spiro atoms. The third-order valence-corrected chi connectivity index (χ3v) is 4.96. The van der Waals surface area contributed by atoms with E-state index in [0.29, 0.717) is 0 Å². The molecule has 1 aliphatic rings. The lowest BCUT2D eigenvalue weighted by molar-refractivity contribution is -0.137. The van der Waals surface area contributed by atoms with Crippen LogP contribution in [-0.2, 0) is 19.4 Å². The van der Waals surface area contributed by atoms with Gasteiger partial charge in [-0.1, -0.05) is 0 Å². The lowest BCUT2D eigenvalue weighted by Gasteiger charge is -2.32. The second-order valence-electron chi connectivity index (χ2n) is 5.16. The molecule has 1 aliphatic heterocycles. The highest BCUT2D eigenvalue weighted by Gasteiger charge is 2.50. The summed E-state index contributed by atoms with van der Waals surface area (Å²) in [6, 6.07) is 0. The first kappa shape index (κ1) is 14.7. The van der Waals surface area contributed by atoms with E-state index in [4.69, 9.17) is 9.84 Å². The molecule has 0 aromatic rings. The van der Waals surface area contributed by atoms with Gasteiger partial charge in [-0.2, -0.15) is 0 Å². The van der Waals surface area contributed by atoms with Crippen molar-refractivity contribution in [2.45, 2.75) is 43.3 Å². The molecule has 2 N–H and O–H groups in total. The minimum absolute atomic E-state index is 0.0213. The van der Waals surface area contributed by atoms with Crippen LogP contribution in [0.2, 0.25) is 0 Å². The van der Waals surface area contributed by atoms with Crippen molar-refractivity contribution < 1.29 is 27.9 Å². The molecular weight excluding hydrogens is 262 g/mol. The molecule has 1 fully saturated rings. The molecule has 2 atom stereocenters. The molecule has 0 aliphatic carbocycles. The predicted molar refractivity (Wildman–Crippen MR) is 63.0 cm³/mol. The standard InChI is InChI=1S/C10H17NO6S/c1-10(2,3)17-9(14)11-5-6-4-7(8(12)13)18(6,15)16/h6-7H,4-5H2,1-3H3,(H,11,14)(H,12,13). The molecule has 8 heteroatoms. The fourth-order valence-corrected chi connectivity index (χ4v) is 3.23. The minimum atomic E-state index is -3.67. The lowest BCUT2D eigenvalue weighted by atomic mass is 10.2.